The molecular formula is C13H16BrNO5. The predicted molar refractivity (Wildman–Crippen MR) is 75.7 cm³/mol. The van der Waals surface area contributed by atoms with Gasteiger partial charge in [0, 0.05) is 11.6 Å². The van der Waals surface area contributed by atoms with Gasteiger partial charge in [0.05, 0.1) is 19.6 Å². The summed E-state index contributed by atoms with van der Waals surface area (Å²) in [5, 5.41) is 11.2. The summed E-state index contributed by atoms with van der Waals surface area (Å²) in [6.45, 7) is 0.154. The fourth-order valence-electron chi connectivity index (χ4n) is 1.36. The summed E-state index contributed by atoms with van der Waals surface area (Å²) in [5.41, 5.74) is 0. The highest BCUT2D eigenvalue weighted by Gasteiger charge is 2.16. The van der Waals surface area contributed by atoms with Crippen LogP contribution in [0.5, 0.6) is 5.75 Å². The first-order chi connectivity index (χ1) is 9.52. The Kier molecular flexibility index (Phi) is 7.03. The monoisotopic (exact) mass is 345 g/mol. The Morgan fingerprint density at radius 3 is 2.55 bits per heavy atom. The maximum Gasteiger partial charge on any atom is 0.334 e. The first-order valence-corrected chi connectivity index (χ1v) is 6.73. The predicted octanol–water partition coefficient (Wildman–Crippen LogP) is 1.43. The summed E-state index contributed by atoms with van der Waals surface area (Å²) in [7, 11) is 1.28. The van der Waals surface area contributed by atoms with Crippen LogP contribution in [0.3, 0.4) is 0 Å². The van der Waals surface area contributed by atoms with Gasteiger partial charge < -0.3 is 19.9 Å². The zero-order valence-electron chi connectivity index (χ0n) is 11.0. The molecule has 1 amide bonds. The van der Waals surface area contributed by atoms with E-state index in [0.717, 1.165) is 4.47 Å². The lowest BCUT2D eigenvalue weighted by Gasteiger charge is -2.11. The molecule has 0 saturated heterocycles. The van der Waals surface area contributed by atoms with Crippen molar-refractivity contribution >= 4 is 27.8 Å². The molecule has 0 aliphatic carbocycles. The highest BCUT2D eigenvalue weighted by atomic mass is 79.9. The molecular weight excluding hydrogens is 330 g/mol. The van der Waals surface area contributed by atoms with Crippen LogP contribution in [0.15, 0.2) is 28.7 Å². The zero-order valence-corrected chi connectivity index (χ0v) is 12.6. The van der Waals surface area contributed by atoms with Crippen molar-refractivity contribution < 1.29 is 24.2 Å². The lowest BCUT2D eigenvalue weighted by Crippen LogP contribution is -2.38. The minimum absolute atomic E-state index is 0.0665. The van der Waals surface area contributed by atoms with Gasteiger partial charge in [0.2, 0.25) is 5.91 Å². The largest absolute Gasteiger partial charge is 0.493 e. The number of carbonyl (C=O) groups is 2. The van der Waals surface area contributed by atoms with E-state index in [0.29, 0.717) is 5.75 Å². The maximum absolute atomic E-state index is 11.5. The van der Waals surface area contributed by atoms with E-state index in [-0.39, 0.29) is 25.5 Å². The Morgan fingerprint density at radius 1 is 1.35 bits per heavy atom. The number of rotatable bonds is 8. The van der Waals surface area contributed by atoms with Crippen LogP contribution >= 0.6 is 15.9 Å². The van der Waals surface area contributed by atoms with Crippen LogP contribution in [0.2, 0.25) is 0 Å². The second-order valence-corrected chi connectivity index (χ2v) is 4.83. The number of nitrogens with one attached hydrogen (secondary N) is 1. The van der Waals surface area contributed by atoms with E-state index in [1.54, 1.807) is 12.1 Å². The van der Waals surface area contributed by atoms with E-state index in [4.69, 9.17) is 14.6 Å². The van der Waals surface area contributed by atoms with Gasteiger partial charge >= 0.3 is 5.97 Å². The quantitative estimate of drug-likeness (QED) is 0.744. The standard InChI is InChI=1S/C13H16BrNO5/c1-19-11(13(17)18)8-15-12(16)6-7-20-10-4-2-9(14)3-5-10/h2-5,11H,6-8H2,1H3,(H,15,16)(H,17,18). The number of amides is 1. The first kappa shape index (κ1) is 16.5. The Bertz CT molecular complexity index is 449. The van der Waals surface area contributed by atoms with Gasteiger partial charge in [0.1, 0.15) is 5.75 Å². The third kappa shape index (κ3) is 6.03. The number of hydrogen-bond acceptors (Lipinski definition) is 4. The number of carbonyl (C=O) groups excluding carboxylic acids is 1. The van der Waals surface area contributed by atoms with Crippen LogP contribution < -0.4 is 10.1 Å². The third-order valence-corrected chi connectivity index (χ3v) is 2.98. The second-order valence-electron chi connectivity index (χ2n) is 3.92. The number of aliphatic carboxylic acids is 1. The summed E-state index contributed by atoms with van der Waals surface area (Å²) in [6.07, 6.45) is -0.891. The van der Waals surface area contributed by atoms with Crippen LogP contribution in [0.1, 0.15) is 6.42 Å². The van der Waals surface area contributed by atoms with Gasteiger partial charge in [-0.1, -0.05) is 15.9 Å². The molecule has 0 aliphatic heterocycles. The molecule has 0 aromatic heterocycles. The van der Waals surface area contributed by atoms with Gasteiger partial charge in [-0.05, 0) is 24.3 Å². The molecule has 6 nitrogen and oxygen atoms in total. The number of ether oxygens (including phenoxy) is 2. The van der Waals surface area contributed by atoms with Crippen LogP contribution in [0.25, 0.3) is 0 Å². The average molecular weight is 346 g/mol. The normalized spacial score (nSPS) is 11.7. The molecule has 0 heterocycles. The van der Waals surface area contributed by atoms with Crippen LogP contribution in [0.4, 0.5) is 0 Å². The van der Waals surface area contributed by atoms with Gasteiger partial charge in [-0.2, -0.15) is 0 Å². The van der Waals surface area contributed by atoms with Crippen molar-refractivity contribution in [3.63, 3.8) is 0 Å². The molecule has 2 N–H and O–H groups in total. The highest BCUT2D eigenvalue weighted by molar-refractivity contribution is 9.10. The fourth-order valence-corrected chi connectivity index (χ4v) is 1.62. The molecule has 110 valence electrons. The number of carboxylic acid groups (broad SMARTS) is 1. The van der Waals surface area contributed by atoms with Crippen molar-refractivity contribution in [3.05, 3.63) is 28.7 Å². The molecule has 20 heavy (non-hydrogen) atoms. The summed E-state index contributed by atoms with van der Waals surface area (Å²) in [4.78, 5) is 22.1. The van der Waals surface area contributed by atoms with Crippen molar-refractivity contribution in [1.82, 2.24) is 5.32 Å². The van der Waals surface area contributed by atoms with Crippen molar-refractivity contribution in [3.8, 4) is 5.75 Å². The SMILES string of the molecule is COC(CNC(=O)CCOc1ccc(Br)cc1)C(=O)O. The lowest BCUT2D eigenvalue weighted by molar-refractivity contribution is -0.148. The van der Waals surface area contributed by atoms with E-state index in [1.165, 1.54) is 7.11 Å². The number of halogens is 1. The Balaban J connectivity index is 2.23. The summed E-state index contributed by atoms with van der Waals surface area (Å²) in [6, 6.07) is 7.25. The van der Waals surface area contributed by atoms with Crippen molar-refractivity contribution in [2.24, 2.45) is 0 Å². The molecule has 0 spiro atoms. The summed E-state index contributed by atoms with van der Waals surface area (Å²) in [5.74, 6) is -0.731. The minimum Gasteiger partial charge on any atom is -0.493 e. The van der Waals surface area contributed by atoms with Crippen molar-refractivity contribution in [2.45, 2.75) is 12.5 Å². The lowest BCUT2D eigenvalue weighted by atomic mass is 10.3. The molecule has 7 heteroatoms. The van der Waals surface area contributed by atoms with E-state index in [1.807, 2.05) is 12.1 Å². The molecule has 1 unspecified atom stereocenters. The molecule has 1 rings (SSSR count). The number of benzene rings is 1. The van der Waals surface area contributed by atoms with Crippen LogP contribution in [-0.2, 0) is 14.3 Å². The minimum atomic E-state index is -1.11. The summed E-state index contributed by atoms with van der Waals surface area (Å²) >= 11 is 3.31. The molecule has 0 radical (unpaired) electrons. The van der Waals surface area contributed by atoms with E-state index >= 15 is 0 Å². The highest BCUT2D eigenvalue weighted by Crippen LogP contribution is 2.16. The van der Waals surface area contributed by atoms with Gasteiger partial charge in [-0.25, -0.2) is 4.79 Å². The molecule has 1 aromatic rings. The molecule has 0 saturated carbocycles. The smallest absolute Gasteiger partial charge is 0.334 e. The molecule has 0 fully saturated rings. The molecule has 1 atom stereocenters. The van der Waals surface area contributed by atoms with Gasteiger partial charge in [-0.15, -0.1) is 0 Å². The first-order valence-electron chi connectivity index (χ1n) is 5.93. The van der Waals surface area contributed by atoms with E-state index in [9.17, 15) is 9.59 Å². The number of hydrogen-bond donors (Lipinski definition) is 2. The fraction of sp³-hybridized carbons (Fsp3) is 0.385. The second kappa shape index (κ2) is 8.55. The third-order valence-electron chi connectivity index (χ3n) is 2.46. The van der Waals surface area contributed by atoms with Crippen molar-refractivity contribution in [2.75, 3.05) is 20.3 Å². The Hall–Kier alpha value is -1.60. The number of carboxylic acids is 1. The zero-order chi connectivity index (χ0) is 15.0. The van der Waals surface area contributed by atoms with Gasteiger partial charge in [0.25, 0.3) is 0 Å². The van der Waals surface area contributed by atoms with E-state index < -0.39 is 12.1 Å². The molecule has 1 aromatic carbocycles. The average Bonchev–Trinajstić information content (AvgIpc) is 2.41. The maximum atomic E-state index is 11.5. The van der Waals surface area contributed by atoms with E-state index in [2.05, 4.69) is 21.2 Å². The Morgan fingerprint density at radius 2 is 2.00 bits per heavy atom. The number of methoxy groups -OCH3 is 1. The van der Waals surface area contributed by atoms with Gasteiger partial charge in [0.15, 0.2) is 6.10 Å². The topological polar surface area (TPSA) is 84.9 Å². The Labute approximate surface area is 125 Å². The molecule has 0 bridgehead atoms. The molecule has 0 aliphatic rings. The van der Waals surface area contributed by atoms with Crippen LogP contribution in [0, 0.1) is 0 Å². The summed E-state index contributed by atoms with van der Waals surface area (Å²) < 4.78 is 11.0. The van der Waals surface area contributed by atoms with Crippen LogP contribution in [-0.4, -0.2) is 43.3 Å². The van der Waals surface area contributed by atoms with Gasteiger partial charge in [-0.3, -0.25) is 4.79 Å². The van der Waals surface area contributed by atoms with Crippen molar-refractivity contribution in [1.29, 1.82) is 0 Å².